The third-order valence-electron chi connectivity index (χ3n) is 3.37. The fourth-order valence-corrected chi connectivity index (χ4v) is 2.43. The van der Waals surface area contributed by atoms with Crippen LogP contribution in [-0.2, 0) is 4.74 Å². The zero-order valence-corrected chi connectivity index (χ0v) is 14.4. The fraction of sp³-hybridized carbons (Fsp3) is 0.562. The molecule has 1 saturated heterocycles. The smallest absolute Gasteiger partial charge is 0.317 e. The van der Waals surface area contributed by atoms with Crippen LogP contribution >= 0.6 is 15.9 Å². The van der Waals surface area contributed by atoms with Crippen LogP contribution in [0, 0.1) is 5.41 Å². The van der Waals surface area contributed by atoms with Gasteiger partial charge in [0.25, 0.3) is 0 Å². The highest BCUT2D eigenvalue weighted by atomic mass is 79.9. The second-order valence-corrected chi connectivity index (χ2v) is 7.49. The zero-order valence-electron chi connectivity index (χ0n) is 12.9. The highest BCUT2D eigenvalue weighted by molar-refractivity contribution is 9.10. The molecule has 0 bridgehead atoms. The Morgan fingerprint density at radius 3 is 2.67 bits per heavy atom. The summed E-state index contributed by atoms with van der Waals surface area (Å²) < 4.78 is 6.84. The number of rotatable bonds is 2. The summed E-state index contributed by atoms with van der Waals surface area (Å²) in [6.45, 7) is 8.81. The minimum absolute atomic E-state index is 0.00432. The number of carbonyl (C=O) groups is 1. The van der Waals surface area contributed by atoms with Crippen molar-refractivity contribution in [1.82, 2.24) is 10.2 Å². The van der Waals surface area contributed by atoms with E-state index in [1.807, 2.05) is 29.2 Å². The SMILES string of the molecule is CC(C)(C)CNC(=O)N1CCOC(c2ccc(Br)cc2)C1. The van der Waals surface area contributed by atoms with Crippen molar-refractivity contribution < 1.29 is 9.53 Å². The average molecular weight is 355 g/mol. The Kier molecular flexibility index (Phi) is 5.27. The molecule has 0 saturated carbocycles. The Hall–Kier alpha value is -1.07. The van der Waals surface area contributed by atoms with E-state index in [0.717, 1.165) is 10.0 Å². The van der Waals surface area contributed by atoms with Gasteiger partial charge >= 0.3 is 6.03 Å². The lowest BCUT2D eigenvalue weighted by Gasteiger charge is -2.34. The van der Waals surface area contributed by atoms with Gasteiger partial charge in [0.05, 0.1) is 13.2 Å². The number of morpholine rings is 1. The van der Waals surface area contributed by atoms with E-state index >= 15 is 0 Å². The molecule has 1 heterocycles. The second-order valence-electron chi connectivity index (χ2n) is 6.58. The number of carbonyl (C=O) groups excluding carboxylic acids is 1. The molecule has 1 aromatic carbocycles. The maximum absolute atomic E-state index is 12.2. The predicted molar refractivity (Wildman–Crippen MR) is 87.3 cm³/mol. The molecule has 1 aliphatic rings. The summed E-state index contributed by atoms with van der Waals surface area (Å²) in [5.74, 6) is 0. The maximum Gasteiger partial charge on any atom is 0.317 e. The summed E-state index contributed by atoms with van der Waals surface area (Å²) in [5, 5.41) is 3.00. The van der Waals surface area contributed by atoms with Crippen LogP contribution in [0.5, 0.6) is 0 Å². The quantitative estimate of drug-likeness (QED) is 0.881. The first kappa shape index (κ1) is 16.3. The van der Waals surface area contributed by atoms with Crippen molar-refractivity contribution >= 4 is 22.0 Å². The van der Waals surface area contributed by atoms with Gasteiger partial charge < -0.3 is 15.0 Å². The van der Waals surface area contributed by atoms with Gasteiger partial charge in [0.15, 0.2) is 0 Å². The lowest BCUT2D eigenvalue weighted by Crippen LogP contribution is -2.48. The van der Waals surface area contributed by atoms with Gasteiger partial charge in [-0.05, 0) is 23.1 Å². The van der Waals surface area contributed by atoms with Gasteiger partial charge in [-0.3, -0.25) is 0 Å². The largest absolute Gasteiger partial charge is 0.370 e. The highest BCUT2D eigenvalue weighted by Gasteiger charge is 2.26. The van der Waals surface area contributed by atoms with Gasteiger partial charge in [0.1, 0.15) is 6.10 Å². The molecule has 1 aliphatic heterocycles. The summed E-state index contributed by atoms with van der Waals surface area (Å²) in [6, 6.07) is 8.06. The molecule has 4 nitrogen and oxygen atoms in total. The molecular weight excluding hydrogens is 332 g/mol. The standard InChI is InChI=1S/C16H23BrN2O2/c1-16(2,3)11-18-15(20)19-8-9-21-14(10-19)12-4-6-13(17)7-5-12/h4-7,14H,8-11H2,1-3H3,(H,18,20). The molecule has 116 valence electrons. The monoisotopic (exact) mass is 354 g/mol. The lowest BCUT2D eigenvalue weighted by molar-refractivity contribution is -0.0156. The van der Waals surface area contributed by atoms with E-state index in [1.54, 1.807) is 0 Å². The Bertz CT molecular complexity index is 482. The molecule has 0 radical (unpaired) electrons. The lowest BCUT2D eigenvalue weighted by atomic mass is 9.97. The zero-order chi connectivity index (χ0) is 15.5. The number of ether oxygens (including phenoxy) is 1. The Labute approximate surface area is 135 Å². The molecule has 1 atom stereocenters. The number of benzene rings is 1. The van der Waals surface area contributed by atoms with Crippen LogP contribution in [0.2, 0.25) is 0 Å². The van der Waals surface area contributed by atoms with Crippen LogP contribution in [0.3, 0.4) is 0 Å². The molecule has 2 rings (SSSR count). The molecule has 2 amide bonds. The minimum atomic E-state index is -0.0489. The summed E-state index contributed by atoms with van der Waals surface area (Å²) in [5.41, 5.74) is 1.19. The van der Waals surface area contributed by atoms with E-state index in [0.29, 0.717) is 26.2 Å². The number of urea groups is 1. The van der Waals surface area contributed by atoms with Crippen molar-refractivity contribution in [3.05, 3.63) is 34.3 Å². The molecule has 1 N–H and O–H groups in total. The van der Waals surface area contributed by atoms with E-state index in [9.17, 15) is 4.79 Å². The normalized spacial score (nSPS) is 19.4. The summed E-state index contributed by atoms with van der Waals surface area (Å²) >= 11 is 3.43. The number of halogens is 1. The molecule has 0 aliphatic carbocycles. The van der Waals surface area contributed by atoms with E-state index < -0.39 is 0 Å². The Morgan fingerprint density at radius 1 is 1.38 bits per heavy atom. The van der Waals surface area contributed by atoms with Crippen LogP contribution in [-0.4, -0.2) is 37.2 Å². The topological polar surface area (TPSA) is 41.6 Å². The third kappa shape index (κ3) is 5.00. The van der Waals surface area contributed by atoms with Crippen molar-refractivity contribution in [1.29, 1.82) is 0 Å². The number of hydrogen-bond acceptors (Lipinski definition) is 2. The van der Waals surface area contributed by atoms with Crippen molar-refractivity contribution in [2.45, 2.75) is 26.9 Å². The first-order chi connectivity index (χ1) is 9.85. The van der Waals surface area contributed by atoms with Gasteiger partial charge in [0.2, 0.25) is 0 Å². The van der Waals surface area contributed by atoms with Crippen molar-refractivity contribution in [2.24, 2.45) is 5.41 Å². The highest BCUT2D eigenvalue weighted by Crippen LogP contribution is 2.24. The van der Waals surface area contributed by atoms with Gasteiger partial charge in [-0.1, -0.05) is 48.8 Å². The van der Waals surface area contributed by atoms with Crippen molar-refractivity contribution in [3.8, 4) is 0 Å². The molecule has 1 aromatic rings. The first-order valence-electron chi connectivity index (χ1n) is 7.25. The Morgan fingerprint density at radius 2 is 2.05 bits per heavy atom. The molecular formula is C16H23BrN2O2. The number of hydrogen-bond donors (Lipinski definition) is 1. The number of nitrogens with one attached hydrogen (secondary N) is 1. The maximum atomic E-state index is 12.2. The first-order valence-corrected chi connectivity index (χ1v) is 8.04. The van der Waals surface area contributed by atoms with Crippen LogP contribution in [0.1, 0.15) is 32.4 Å². The molecule has 5 heteroatoms. The average Bonchev–Trinajstić information content (AvgIpc) is 2.45. The van der Waals surface area contributed by atoms with Crippen LogP contribution < -0.4 is 5.32 Å². The van der Waals surface area contributed by atoms with Crippen LogP contribution in [0.4, 0.5) is 4.79 Å². The molecule has 0 spiro atoms. The van der Waals surface area contributed by atoms with E-state index in [2.05, 4.69) is 42.0 Å². The van der Waals surface area contributed by atoms with E-state index in [1.165, 1.54) is 0 Å². The van der Waals surface area contributed by atoms with Crippen LogP contribution in [0.15, 0.2) is 28.7 Å². The molecule has 0 aromatic heterocycles. The number of nitrogens with zero attached hydrogens (tertiary/aromatic N) is 1. The second kappa shape index (κ2) is 6.79. The van der Waals surface area contributed by atoms with Gasteiger partial charge in [-0.25, -0.2) is 4.79 Å². The number of amides is 2. The summed E-state index contributed by atoms with van der Waals surface area (Å²) in [7, 11) is 0. The fourth-order valence-electron chi connectivity index (χ4n) is 2.17. The molecule has 1 unspecified atom stereocenters. The third-order valence-corrected chi connectivity index (χ3v) is 3.89. The van der Waals surface area contributed by atoms with Crippen LogP contribution in [0.25, 0.3) is 0 Å². The molecule has 1 fully saturated rings. The summed E-state index contributed by atoms with van der Waals surface area (Å²) in [6.07, 6.45) is -0.0489. The minimum Gasteiger partial charge on any atom is -0.370 e. The van der Waals surface area contributed by atoms with Gasteiger partial charge in [0, 0.05) is 17.6 Å². The van der Waals surface area contributed by atoms with Gasteiger partial charge in [-0.15, -0.1) is 0 Å². The van der Waals surface area contributed by atoms with Crippen molar-refractivity contribution in [3.63, 3.8) is 0 Å². The van der Waals surface area contributed by atoms with E-state index in [-0.39, 0.29) is 17.6 Å². The summed E-state index contributed by atoms with van der Waals surface area (Å²) in [4.78, 5) is 14.1. The predicted octanol–water partition coefficient (Wildman–Crippen LogP) is 3.58. The molecule has 21 heavy (non-hydrogen) atoms. The van der Waals surface area contributed by atoms with Gasteiger partial charge in [-0.2, -0.15) is 0 Å². The van der Waals surface area contributed by atoms with Crippen molar-refractivity contribution in [2.75, 3.05) is 26.2 Å². The van der Waals surface area contributed by atoms with E-state index in [4.69, 9.17) is 4.74 Å². The Balaban J connectivity index is 1.94.